The van der Waals surface area contributed by atoms with E-state index in [4.69, 9.17) is 5.11 Å². The van der Waals surface area contributed by atoms with Crippen molar-refractivity contribution >= 4 is 41.3 Å². The van der Waals surface area contributed by atoms with Crippen molar-refractivity contribution in [3.8, 4) is 0 Å². The van der Waals surface area contributed by atoms with Crippen molar-refractivity contribution in [2.75, 3.05) is 0 Å². The van der Waals surface area contributed by atoms with Gasteiger partial charge in [-0.15, -0.1) is 0 Å². The molecule has 0 rings (SSSR count). The Balaban J connectivity index is 0. The van der Waals surface area contributed by atoms with E-state index in [0.29, 0.717) is 6.42 Å². The first-order valence-corrected chi connectivity index (χ1v) is 11.9. The molecule has 0 atom stereocenters. The third-order valence-corrected chi connectivity index (χ3v) is 5.41. The van der Waals surface area contributed by atoms with E-state index in [1.165, 1.54) is 109 Å². The molecule has 0 aromatic heterocycles. The maximum absolute atomic E-state index is 11.3. The minimum Gasteiger partial charge on any atom is -0.481 e. The second-order valence-corrected chi connectivity index (χ2v) is 8.22. The Labute approximate surface area is 197 Å². The Kier molecular flexibility index (Phi) is 27.3. The van der Waals surface area contributed by atoms with Gasteiger partial charge in [0.15, 0.2) is 0 Å². The maximum Gasteiger partial charge on any atom is 0.310 e. The molecule has 0 aromatic rings. The number of carbonyl (C=O) groups is 2. The van der Waals surface area contributed by atoms with Crippen molar-refractivity contribution in [2.45, 2.75) is 142 Å². The van der Waals surface area contributed by atoms with Crippen LogP contribution >= 0.6 is 0 Å². The Morgan fingerprint density at radius 1 is 0.536 bits per heavy atom. The van der Waals surface area contributed by atoms with E-state index in [9.17, 15) is 9.59 Å². The van der Waals surface area contributed by atoms with Crippen LogP contribution in [0.25, 0.3) is 0 Å². The monoisotopic (exact) mass is 405 g/mol. The molecule has 0 saturated heterocycles. The predicted molar refractivity (Wildman–Crippen MR) is 121 cm³/mol. The summed E-state index contributed by atoms with van der Waals surface area (Å²) in [6, 6.07) is 0. The molecule has 0 aromatic carbocycles. The molecular formula is C24H46NaO3. The van der Waals surface area contributed by atoms with E-state index >= 15 is 0 Å². The van der Waals surface area contributed by atoms with Gasteiger partial charge in [0, 0.05) is 36.0 Å². The molecule has 0 spiro atoms. The second kappa shape index (κ2) is 25.2. The minimum atomic E-state index is -1.00. The van der Waals surface area contributed by atoms with Crippen LogP contribution in [0.1, 0.15) is 142 Å². The quantitative estimate of drug-likeness (QED) is 0.115. The van der Waals surface area contributed by atoms with Crippen LogP contribution in [0, 0.1) is 0 Å². The zero-order chi connectivity index (χ0) is 20.0. The fraction of sp³-hybridized carbons (Fsp3) is 0.917. The van der Waals surface area contributed by atoms with Gasteiger partial charge in [-0.05, 0) is 6.42 Å². The summed E-state index contributed by atoms with van der Waals surface area (Å²) in [4.78, 5) is 21.6. The van der Waals surface area contributed by atoms with Crippen molar-refractivity contribution in [3.05, 3.63) is 0 Å². The molecule has 0 saturated carbocycles. The maximum atomic E-state index is 11.3. The summed E-state index contributed by atoms with van der Waals surface area (Å²) < 4.78 is 0. The summed E-state index contributed by atoms with van der Waals surface area (Å²) in [5.74, 6) is -1.13. The fourth-order valence-electron chi connectivity index (χ4n) is 3.66. The summed E-state index contributed by atoms with van der Waals surface area (Å²) in [7, 11) is 0. The van der Waals surface area contributed by atoms with Crippen molar-refractivity contribution in [2.24, 2.45) is 0 Å². The predicted octanol–water partition coefficient (Wildman–Crippen LogP) is 7.47. The number of hydrogen-bond donors (Lipinski definition) is 1. The van der Waals surface area contributed by atoms with E-state index in [1.807, 2.05) is 0 Å². The first-order chi connectivity index (χ1) is 13.2. The third kappa shape index (κ3) is 26.1. The van der Waals surface area contributed by atoms with Crippen molar-refractivity contribution in [3.63, 3.8) is 0 Å². The Morgan fingerprint density at radius 3 is 1.11 bits per heavy atom. The molecule has 0 bridgehead atoms. The average Bonchev–Trinajstić information content (AvgIpc) is 2.63. The zero-order valence-corrected chi connectivity index (χ0v) is 21.1. The molecule has 0 aliphatic heterocycles. The third-order valence-electron chi connectivity index (χ3n) is 5.41. The molecule has 3 nitrogen and oxygen atoms in total. The van der Waals surface area contributed by atoms with Crippen LogP contribution in [0.15, 0.2) is 0 Å². The molecule has 161 valence electrons. The van der Waals surface area contributed by atoms with Crippen molar-refractivity contribution in [1.29, 1.82) is 0 Å². The van der Waals surface area contributed by atoms with Crippen molar-refractivity contribution in [1.82, 2.24) is 0 Å². The number of Topliss-reactive ketones (excluding diaryl/α,β-unsaturated/α-hetero) is 1. The molecule has 4 heteroatoms. The molecule has 0 unspecified atom stereocenters. The van der Waals surface area contributed by atoms with Gasteiger partial charge in [-0.25, -0.2) is 0 Å². The first kappa shape index (κ1) is 30.3. The zero-order valence-electron chi connectivity index (χ0n) is 19.1. The van der Waals surface area contributed by atoms with Gasteiger partial charge < -0.3 is 5.11 Å². The van der Waals surface area contributed by atoms with Crippen LogP contribution in [0.5, 0.6) is 0 Å². The summed E-state index contributed by atoms with van der Waals surface area (Å²) >= 11 is 0. The number of aliphatic carboxylic acids is 1. The standard InChI is InChI=1S/C24H46O3.Na/c1-2-3-4-5-6-7-8-9-10-11-12-13-14-15-16-17-18-19-20-21-23(25)22-24(26)27;/h2-22H2,1H3,(H,26,27);. The molecule has 1 N–H and O–H groups in total. The van der Waals surface area contributed by atoms with Crippen LogP contribution in [-0.4, -0.2) is 46.4 Å². The van der Waals surface area contributed by atoms with E-state index in [1.54, 1.807) is 0 Å². The molecule has 28 heavy (non-hydrogen) atoms. The Hall–Kier alpha value is 0.140. The van der Waals surface area contributed by atoms with E-state index < -0.39 is 5.97 Å². The smallest absolute Gasteiger partial charge is 0.310 e. The van der Waals surface area contributed by atoms with Gasteiger partial charge in [-0.2, -0.15) is 0 Å². The van der Waals surface area contributed by atoms with E-state index in [0.717, 1.165) is 12.8 Å². The number of ketones is 1. The minimum absolute atomic E-state index is 0. The van der Waals surface area contributed by atoms with Crippen LogP contribution in [-0.2, 0) is 9.59 Å². The molecule has 0 aliphatic carbocycles. The summed E-state index contributed by atoms with van der Waals surface area (Å²) in [6.45, 7) is 2.28. The van der Waals surface area contributed by atoms with E-state index in [-0.39, 0.29) is 41.8 Å². The SMILES string of the molecule is CCCCCCCCCCCCCCCCCCCCCC(=O)CC(=O)O.[Na]. The molecule has 0 aliphatic rings. The molecular weight excluding hydrogens is 359 g/mol. The fourth-order valence-corrected chi connectivity index (χ4v) is 3.66. The van der Waals surface area contributed by atoms with Crippen LogP contribution in [0.4, 0.5) is 0 Å². The van der Waals surface area contributed by atoms with Crippen LogP contribution < -0.4 is 0 Å². The van der Waals surface area contributed by atoms with Gasteiger partial charge in [0.25, 0.3) is 0 Å². The van der Waals surface area contributed by atoms with Gasteiger partial charge in [0.1, 0.15) is 12.2 Å². The molecule has 0 heterocycles. The van der Waals surface area contributed by atoms with Gasteiger partial charge in [0.05, 0.1) is 0 Å². The number of unbranched alkanes of at least 4 members (excludes halogenated alkanes) is 18. The number of carbonyl (C=O) groups excluding carboxylic acids is 1. The van der Waals surface area contributed by atoms with Crippen molar-refractivity contribution < 1.29 is 14.7 Å². The second-order valence-electron chi connectivity index (χ2n) is 8.22. The van der Waals surface area contributed by atoms with Gasteiger partial charge in [0.2, 0.25) is 0 Å². The normalized spacial score (nSPS) is 10.6. The number of carboxylic acids is 1. The Morgan fingerprint density at radius 2 is 0.821 bits per heavy atom. The van der Waals surface area contributed by atoms with Gasteiger partial charge in [-0.1, -0.05) is 122 Å². The molecule has 1 radical (unpaired) electrons. The molecule has 0 amide bonds. The van der Waals surface area contributed by atoms with Gasteiger partial charge in [-0.3, -0.25) is 9.59 Å². The topological polar surface area (TPSA) is 54.4 Å². The molecule has 0 fully saturated rings. The number of carboxylic acid groups (broad SMARTS) is 1. The summed E-state index contributed by atoms with van der Waals surface area (Å²) in [6.07, 6.45) is 25.5. The first-order valence-electron chi connectivity index (χ1n) is 11.9. The largest absolute Gasteiger partial charge is 0.481 e. The average molecular weight is 406 g/mol. The number of rotatable bonds is 22. The summed E-state index contributed by atoms with van der Waals surface area (Å²) in [5.41, 5.74) is 0. The van der Waals surface area contributed by atoms with Crippen LogP contribution in [0.2, 0.25) is 0 Å². The van der Waals surface area contributed by atoms with Gasteiger partial charge >= 0.3 is 5.97 Å². The van der Waals surface area contributed by atoms with E-state index in [2.05, 4.69) is 6.92 Å². The van der Waals surface area contributed by atoms with Crippen LogP contribution in [0.3, 0.4) is 0 Å². The Bertz CT molecular complexity index is 345. The summed E-state index contributed by atoms with van der Waals surface area (Å²) in [5, 5.41) is 8.52. The number of hydrogen-bond acceptors (Lipinski definition) is 2.